The summed E-state index contributed by atoms with van der Waals surface area (Å²) in [7, 11) is 1.96. The lowest BCUT2D eigenvalue weighted by Gasteiger charge is -2.25. The molecule has 1 heterocycles. The molecule has 4 rings (SSSR count). The van der Waals surface area contributed by atoms with E-state index in [0.717, 1.165) is 22.4 Å². The van der Waals surface area contributed by atoms with Crippen LogP contribution in [0.1, 0.15) is 40.3 Å². The molecule has 0 N–H and O–H groups in total. The minimum absolute atomic E-state index is 0.0337. The molecule has 0 radical (unpaired) electrons. The van der Waals surface area contributed by atoms with Crippen molar-refractivity contribution in [1.29, 1.82) is 0 Å². The smallest absolute Gasteiger partial charge is 0.257 e. The monoisotopic (exact) mass is 445 g/mol. The molecular weight excluding hydrogens is 418 g/mol. The summed E-state index contributed by atoms with van der Waals surface area (Å²) in [5.41, 5.74) is 6.45. The lowest BCUT2D eigenvalue weighted by molar-refractivity contribution is -0.134. The Morgan fingerprint density at radius 3 is 2.53 bits per heavy atom. The lowest BCUT2D eigenvalue weighted by Crippen LogP contribution is -2.36. The number of aryl methyl sites for hydroxylation is 2. The van der Waals surface area contributed by atoms with Crippen molar-refractivity contribution in [2.45, 2.75) is 32.9 Å². The zero-order chi connectivity index (χ0) is 22.7. The highest BCUT2D eigenvalue weighted by atomic mass is 35.5. The average molecular weight is 446 g/mol. The molecule has 0 saturated carbocycles. The van der Waals surface area contributed by atoms with Gasteiger partial charge >= 0.3 is 0 Å². The van der Waals surface area contributed by atoms with Crippen LogP contribution in [0.15, 0.2) is 77.9 Å². The quantitative estimate of drug-likeness (QED) is 0.483. The first kappa shape index (κ1) is 22.3. The molecule has 0 saturated heterocycles. The molecule has 4 nitrogen and oxygen atoms in total. The van der Waals surface area contributed by atoms with Crippen LogP contribution in [0.25, 0.3) is 0 Å². The van der Waals surface area contributed by atoms with Crippen LogP contribution in [0.4, 0.5) is 0 Å². The van der Waals surface area contributed by atoms with E-state index in [1.165, 1.54) is 11.1 Å². The average Bonchev–Trinajstić information content (AvgIpc) is 3.21. The number of benzene rings is 3. The van der Waals surface area contributed by atoms with Crippen molar-refractivity contribution in [2.75, 3.05) is 13.6 Å². The Bertz CT molecular complexity index is 1140. The van der Waals surface area contributed by atoms with Crippen LogP contribution in [0, 0.1) is 13.8 Å². The Balaban J connectivity index is 1.61. The Kier molecular flexibility index (Phi) is 6.73. The largest absolute Gasteiger partial charge is 0.293 e. The van der Waals surface area contributed by atoms with E-state index in [0.29, 0.717) is 18.0 Å². The summed E-state index contributed by atoms with van der Waals surface area (Å²) in [4.78, 5) is 15.4. The van der Waals surface area contributed by atoms with Gasteiger partial charge in [-0.05, 0) is 49.7 Å². The third kappa shape index (κ3) is 4.93. The summed E-state index contributed by atoms with van der Waals surface area (Å²) < 4.78 is 0. The molecule has 0 spiro atoms. The molecule has 1 atom stereocenters. The van der Waals surface area contributed by atoms with Crippen LogP contribution in [-0.2, 0) is 11.3 Å². The van der Waals surface area contributed by atoms with E-state index in [-0.39, 0.29) is 18.5 Å². The molecule has 164 valence electrons. The van der Waals surface area contributed by atoms with Crippen LogP contribution in [0.3, 0.4) is 0 Å². The van der Waals surface area contributed by atoms with Gasteiger partial charge < -0.3 is 0 Å². The topological polar surface area (TPSA) is 35.9 Å². The summed E-state index contributed by atoms with van der Waals surface area (Å²) in [6.45, 7) is 5.13. The van der Waals surface area contributed by atoms with E-state index in [2.05, 4.69) is 44.2 Å². The SMILES string of the molecule is Cc1ccc(C)c(C2=NN(C(=O)CN(C)Cc3ccccc3)[C@@H](c3ccccc3Cl)C2)c1. The summed E-state index contributed by atoms with van der Waals surface area (Å²) in [5, 5.41) is 7.13. The van der Waals surface area contributed by atoms with Crippen molar-refractivity contribution in [3.63, 3.8) is 0 Å². The van der Waals surface area contributed by atoms with Crippen molar-refractivity contribution in [2.24, 2.45) is 5.10 Å². The maximum atomic E-state index is 13.4. The Morgan fingerprint density at radius 2 is 1.78 bits per heavy atom. The number of amides is 1. The third-order valence-corrected chi connectivity index (χ3v) is 6.18. The first-order valence-electron chi connectivity index (χ1n) is 10.9. The maximum Gasteiger partial charge on any atom is 0.257 e. The van der Waals surface area contributed by atoms with E-state index in [1.807, 2.05) is 54.4 Å². The molecule has 1 amide bonds. The predicted molar refractivity (Wildman–Crippen MR) is 131 cm³/mol. The molecule has 3 aromatic carbocycles. The molecule has 3 aromatic rings. The summed E-state index contributed by atoms with van der Waals surface area (Å²) in [6, 6.07) is 24.0. The second-order valence-corrected chi connectivity index (χ2v) is 8.91. The minimum Gasteiger partial charge on any atom is -0.293 e. The third-order valence-electron chi connectivity index (χ3n) is 5.83. The second kappa shape index (κ2) is 9.68. The standard InChI is InChI=1S/C27H28ClN3O/c1-19-13-14-20(2)23(15-19)25-16-26(22-11-7-8-12-24(22)28)31(29-25)27(32)18-30(3)17-21-9-5-4-6-10-21/h4-15,26H,16-18H2,1-3H3/t26-/m1/s1. The highest BCUT2D eigenvalue weighted by molar-refractivity contribution is 6.31. The number of hydrazone groups is 1. The number of rotatable bonds is 6. The highest BCUT2D eigenvalue weighted by Crippen LogP contribution is 2.37. The van der Waals surface area contributed by atoms with Crippen LogP contribution in [-0.4, -0.2) is 35.1 Å². The number of carbonyl (C=O) groups excluding carboxylic acids is 1. The van der Waals surface area contributed by atoms with Gasteiger partial charge in [-0.15, -0.1) is 0 Å². The van der Waals surface area contributed by atoms with Crippen molar-refractivity contribution in [3.8, 4) is 0 Å². The van der Waals surface area contributed by atoms with Gasteiger partial charge in [-0.1, -0.05) is 77.8 Å². The van der Waals surface area contributed by atoms with Gasteiger partial charge in [0.2, 0.25) is 0 Å². The van der Waals surface area contributed by atoms with E-state index in [4.69, 9.17) is 16.7 Å². The summed E-state index contributed by atoms with van der Waals surface area (Å²) in [5.74, 6) is -0.0337. The van der Waals surface area contributed by atoms with Gasteiger partial charge in [0.1, 0.15) is 0 Å². The number of likely N-dealkylation sites (N-methyl/N-ethyl adjacent to an activating group) is 1. The second-order valence-electron chi connectivity index (χ2n) is 8.50. The Hall–Kier alpha value is -2.95. The number of halogens is 1. The first-order chi connectivity index (χ1) is 15.4. The molecule has 0 bridgehead atoms. The van der Waals surface area contributed by atoms with Crippen molar-refractivity contribution >= 4 is 23.2 Å². The van der Waals surface area contributed by atoms with Crippen molar-refractivity contribution in [1.82, 2.24) is 9.91 Å². The zero-order valence-corrected chi connectivity index (χ0v) is 19.5. The van der Waals surface area contributed by atoms with Crippen LogP contribution >= 0.6 is 11.6 Å². The summed E-state index contributed by atoms with van der Waals surface area (Å²) in [6.07, 6.45) is 0.641. The van der Waals surface area contributed by atoms with Gasteiger partial charge in [-0.25, -0.2) is 5.01 Å². The van der Waals surface area contributed by atoms with Gasteiger partial charge in [0.25, 0.3) is 5.91 Å². The molecule has 32 heavy (non-hydrogen) atoms. The van der Waals surface area contributed by atoms with Gasteiger partial charge in [-0.2, -0.15) is 5.10 Å². The van der Waals surface area contributed by atoms with Gasteiger partial charge in [0.15, 0.2) is 0 Å². The zero-order valence-electron chi connectivity index (χ0n) is 18.8. The molecule has 0 fully saturated rings. The fraction of sp³-hybridized carbons (Fsp3) is 0.259. The van der Waals surface area contributed by atoms with Crippen molar-refractivity contribution in [3.05, 3.63) is 106 Å². The highest BCUT2D eigenvalue weighted by Gasteiger charge is 2.34. The summed E-state index contributed by atoms with van der Waals surface area (Å²) >= 11 is 6.54. The molecule has 5 heteroatoms. The van der Waals surface area contributed by atoms with Gasteiger partial charge in [0.05, 0.1) is 18.3 Å². The van der Waals surface area contributed by atoms with Gasteiger partial charge in [-0.3, -0.25) is 9.69 Å². The number of hydrogen-bond acceptors (Lipinski definition) is 3. The number of nitrogens with zero attached hydrogens (tertiary/aromatic N) is 3. The number of carbonyl (C=O) groups is 1. The minimum atomic E-state index is -0.212. The molecule has 1 aliphatic rings. The normalized spacial score (nSPS) is 15.8. The maximum absolute atomic E-state index is 13.4. The first-order valence-corrected chi connectivity index (χ1v) is 11.2. The fourth-order valence-corrected chi connectivity index (χ4v) is 4.45. The Labute approximate surface area is 195 Å². The Morgan fingerprint density at radius 1 is 1.06 bits per heavy atom. The molecule has 0 unspecified atom stereocenters. The molecule has 0 aromatic heterocycles. The van der Waals surface area contributed by atoms with Crippen LogP contribution < -0.4 is 0 Å². The molecule has 0 aliphatic carbocycles. The predicted octanol–water partition coefficient (Wildman–Crippen LogP) is 5.77. The van der Waals surface area contributed by atoms with E-state index < -0.39 is 0 Å². The number of hydrogen-bond donors (Lipinski definition) is 0. The van der Waals surface area contributed by atoms with Crippen LogP contribution in [0.2, 0.25) is 5.02 Å². The van der Waals surface area contributed by atoms with E-state index in [1.54, 1.807) is 5.01 Å². The van der Waals surface area contributed by atoms with Crippen molar-refractivity contribution < 1.29 is 4.79 Å². The van der Waals surface area contributed by atoms with Crippen LogP contribution in [0.5, 0.6) is 0 Å². The molecular formula is C27H28ClN3O. The fourth-order valence-electron chi connectivity index (χ4n) is 4.19. The van der Waals surface area contributed by atoms with E-state index in [9.17, 15) is 4.79 Å². The molecule has 1 aliphatic heterocycles. The van der Waals surface area contributed by atoms with E-state index >= 15 is 0 Å². The van der Waals surface area contributed by atoms with Gasteiger partial charge in [0, 0.05) is 23.6 Å². The lowest BCUT2D eigenvalue weighted by atomic mass is 9.95.